The Morgan fingerprint density at radius 3 is 2.48 bits per heavy atom. The highest BCUT2D eigenvalue weighted by molar-refractivity contribution is 5.59. The van der Waals surface area contributed by atoms with E-state index in [4.69, 9.17) is 9.10 Å². The molecule has 1 heterocycles. The summed E-state index contributed by atoms with van der Waals surface area (Å²) >= 11 is 0. The van der Waals surface area contributed by atoms with E-state index in [0.717, 1.165) is 29.8 Å². The van der Waals surface area contributed by atoms with Gasteiger partial charge in [-0.3, -0.25) is 0 Å². The topological polar surface area (TPSA) is 16.8 Å². The highest BCUT2D eigenvalue weighted by atomic mass is 15.0. The molecule has 0 fully saturated rings. The standard InChI is InChI=1S/C21H29N2/c1-14-8-9-16(15(2)12-14)19-22-18-17(13-23(19)7)20(3,4)10-11-21(18,5)6/h8-9,12-13H,10-11H2,1-7H3/q+1/i1D3. The first-order valence-corrected chi connectivity index (χ1v) is 8.36. The van der Waals surface area contributed by atoms with Crippen LogP contribution in [0.1, 0.15) is 67.0 Å². The first kappa shape index (κ1) is 12.7. The second-order valence-corrected chi connectivity index (χ2v) is 8.24. The fraction of sp³-hybridized carbons (Fsp3) is 0.524. The fourth-order valence-electron chi connectivity index (χ4n) is 3.61. The number of hydrogen-bond donors (Lipinski definition) is 0. The van der Waals surface area contributed by atoms with Crippen molar-refractivity contribution >= 4 is 0 Å². The molecule has 1 aliphatic carbocycles. The minimum atomic E-state index is -2.08. The summed E-state index contributed by atoms with van der Waals surface area (Å²) in [7, 11) is 2.03. The molecule has 0 saturated carbocycles. The molecule has 0 unspecified atom stereocenters. The lowest BCUT2D eigenvalue weighted by molar-refractivity contribution is -0.663. The molecule has 0 atom stereocenters. The van der Waals surface area contributed by atoms with E-state index in [9.17, 15) is 0 Å². The summed E-state index contributed by atoms with van der Waals surface area (Å²) < 4.78 is 24.9. The number of rotatable bonds is 1. The molecule has 3 rings (SSSR count). The third-order valence-corrected chi connectivity index (χ3v) is 5.34. The Bertz CT molecular complexity index is 864. The second-order valence-electron chi connectivity index (χ2n) is 8.24. The van der Waals surface area contributed by atoms with Gasteiger partial charge in [0.05, 0.1) is 18.8 Å². The Morgan fingerprint density at radius 2 is 1.83 bits per heavy atom. The molecule has 1 aromatic carbocycles. The van der Waals surface area contributed by atoms with Crippen LogP contribution in [0.4, 0.5) is 0 Å². The van der Waals surface area contributed by atoms with Gasteiger partial charge in [0.15, 0.2) is 5.69 Å². The summed E-state index contributed by atoms with van der Waals surface area (Å²) in [6.07, 6.45) is 4.49. The molecule has 1 aliphatic rings. The van der Waals surface area contributed by atoms with Crippen LogP contribution in [-0.2, 0) is 17.9 Å². The van der Waals surface area contributed by atoms with Gasteiger partial charge < -0.3 is 0 Å². The molecule has 0 saturated heterocycles. The van der Waals surface area contributed by atoms with Crippen LogP contribution < -0.4 is 4.57 Å². The number of aryl methyl sites for hydroxylation is 3. The zero-order valence-corrected chi connectivity index (χ0v) is 15.1. The van der Waals surface area contributed by atoms with Crippen LogP contribution >= 0.6 is 0 Å². The van der Waals surface area contributed by atoms with Gasteiger partial charge in [0.25, 0.3) is 0 Å². The normalized spacial score (nSPS) is 21.0. The highest BCUT2D eigenvalue weighted by Gasteiger charge is 2.43. The molecule has 0 aliphatic heterocycles. The fourth-order valence-corrected chi connectivity index (χ4v) is 3.61. The predicted molar refractivity (Wildman–Crippen MR) is 95.6 cm³/mol. The van der Waals surface area contributed by atoms with E-state index >= 15 is 0 Å². The Kier molecular flexibility index (Phi) is 2.84. The zero-order valence-electron chi connectivity index (χ0n) is 18.1. The third kappa shape index (κ3) is 2.69. The quantitative estimate of drug-likeness (QED) is 0.706. The summed E-state index contributed by atoms with van der Waals surface area (Å²) in [5.41, 5.74) is 4.95. The molecule has 0 spiro atoms. The van der Waals surface area contributed by atoms with Crippen LogP contribution in [0, 0.1) is 13.8 Å². The molecule has 1 aromatic heterocycles. The number of nitrogens with zero attached hydrogens (tertiary/aromatic N) is 2. The van der Waals surface area contributed by atoms with Crippen LogP contribution in [0.5, 0.6) is 0 Å². The van der Waals surface area contributed by atoms with Crippen molar-refractivity contribution in [2.75, 3.05) is 0 Å². The smallest absolute Gasteiger partial charge is 0.233 e. The van der Waals surface area contributed by atoms with Gasteiger partial charge in [-0.25, -0.2) is 4.57 Å². The molecular formula is C21H29N2+. The van der Waals surface area contributed by atoms with Crippen molar-refractivity contribution in [3.8, 4) is 11.4 Å². The molecule has 0 amide bonds. The van der Waals surface area contributed by atoms with Crippen molar-refractivity contribution in [2.45, 2.75) is 65.1 Å². The second kappa shape index (κ2) is 5.15. The van der Waals surface area contributed by atoms with E-state index in [1.54, 1.807) is 12.1 Å². The molecular weight excluding hydrogens is 280 g/mol. The molecule has 23 heavy (non-hydrogen) atoms. The van der Waals surface area contributed by atoms with Crippen LogP contribution in [0.2, 0.25) is 0 Å². The van der Waals surface area contributed by atoms with E-state index in [1.165, 1.54) is 11.3 Å². The summed E-state index contributed by atoms with van der Waals surface area (Å²) in [6, 6.07) is 5.36. The molecule has 2 nitrogen and oxygen atoms in total. The molecule has 0 N–H and O–H groups in total. The number of hydrogen-bond acceptors (Lipinski definition) is 1. The number of fused-ring (bicyclic) bond motifs is 1. The van der Waals surface area contributed by atoms with Gasteiger partial charge in [0.2, 0.25) is 0 Å². The van der Waals surface area contributed by atoms with Gasteiger partial charge in [-0.15, -0.1) is 0 Å². The molecule has 0 bridgehead atoms. The van der Waals surface area contributed by atoms with Crippen molar-refractivity contribution < 1.29 is 8.68 Å². The Morgan fingerprint density at radius 1 is 1.13 bits per heavy atom. The minimum Gasteiger partial charge on any atom is -0.233 e. The summed E-state index contributed by atoms with van der Waals surface area (Å²) in [5.74, 6) is 0.893. The van der Waals surface area contributed by atoms with E-state index in [1.807, 2.05) is 20.0 Å². The zero-order chi connectivity index (χ0) is 19.5. The maximum Gasteiger partial charge on any atom is 0.330 e. The maximum atomic E-state index is 7.62. The average Bonchev–Trinajstić information content (AvgIpc) is 2.51. The van der Waals surface area contributed by atoms with E-state index < -0.39 is 6.85 Å². The monoisotopic (exact) mass is 312 g/mol. The van der Waals surface area contributed by atoms with Gasteiger partial charge in [-0.2, -0.15) is 0 Å². The van der Waals surface area contributed by atoms with Gasteiger partial charge in [-0.05, 0) is 48.6 Å². The average molecular weight is 312 g/mol. The van der Waals surface area contributed by atoms with Gasteiger partial charge in [0.1, 0.15) is 0 Å². The Labute approximate surface area is 144 Å². The van der Waals surface area contributed by atoms with Gasteiger partial charge in [0, 0.05) is 15.1 Å². The predicted octanol–water partition coefficient (Wildman–Crippen LogP) is 4.54. The molecule has 2 heteroatoms. The Balaban J connectivity index is 2.19. The summed E-state index contributed by atoms with van der Waals surface area (Å²) in [6.45, 7) is 8.99. The largest absolute Gasteiger partial charge is 0.330 e. The Hall–Kier alpha value is -1.70. The van der Waals surface area contributed by atoms with Crippen LogP contribution in [-0.4, -0.2) is 4.98 Å². The van der Waals surface area contributed by atoms with E-state index in [-0.39, 0.29) is 10.8 Å². The molecule has 0 radical (unpaired) electrons. The van der Waals surface area contributed by atoms with Crippen LogP contribution in [0.3, 0.4) is 0 Å². The van der Waals surface area contributed by atoms with Gasteiger partial charge in [-0.1, -0.05) is 45.4 Å². The molecule has 2 aromatic rings. The van der Waals surface area contributed by atoms with Crippen molar-refractivity contribution in [1.82, 2.24) is 4.98 Å². The molecule has 122 valence electrons. The van der Waals surface area contributed by atoms with E-state index in [0.29, 0.717) is 5.56 Å². The van der Waals surface area contributed by atoms with Crippen molar-refractivity contribution in [1.29, 1.82) is 0 Å². The van der Waals surface area contributed by atoms with E-state index in [2.05, 4.69) is 38.5 Å². The van der Waals surface area contributed by atoms with Crippen molar-refractivity contribution in [2.24, 2.45) is 7.05 Å². The van der Waals surface area contributed by atoms with Crippen molar-refractivity contribution in [3.63, 3.8) is 0 Å². The van der Waals surface area contributed by atoms with Gasteiger partial charge >= 0.3 is 5.82 Å². The lowest BCUT2D eigenvalue weighted by atomic mass is 9.65. The summed E-state index contributed by atoms with van der Waals surface area (Å²) in [4.78, 5) is 5.11. The number of aromatic nitrogens is 2. The number of benzene rings is 1. The SMILES string of the molecule is [2H]C([2H])([2H])c1ccc(-c2nc3c(c[n+]2C)C(C)(C)CCC3(C)C)c(C)c1. The lowest BCUT2D eigenvalue weighted by Gasteiger charge is -2.37. The van der Waals surface area contributed by atoms with Crippen LogP contribution in [0.25, 0.3) is 11.4 Å². The minimum absolute atomic E-state index is 0.0421. The highest BCUT2D eigenvalue weighted by Crippen LogP contribution is 2.44. The van der Waals surface area contributed by atoms with Crippen LogP contribution in [0.15, 0.2) is 24.4 Å². The summed E-state index contributed by atoms with van der Waals surface area (Å²) in [5, 5.41) is 0. The first-order chi connectivity index (χ1) is 11.8. The third-order valence-electron chi connectivity index (χ3n) is 5.34. The maximum absolute atomic E-state index is 7.62. The van der Waals surface area contributed by atoms with Crippen molar-refractivity contribution in [3.05, 3.63) is 46.8 Å². The first-order valence-electron chi connectivity index (χ1n) is 9.86. The lowest BCUT2D eigenvalue weighted by Crippen LogP contribution is -2.42.